The normalized spacial score (nSPS) is 12.8. The zero-order valence-electron chi connectivity index (χ0n) is 52.6. The Balaban J connectivity index is 4.44. The Labute approximate surface area is 495 Å². The number of rotatable bonds is 61. The Kier molecular flexibility index (Phi) is 64.3. The van der Waals surface area contributed by atoms with Gasteiger partial charge in [-0.3, -0.25) is 14.4 Å². The molecule has 0 amide bonds. The number of ether oxygens (including phenoxy) is 3. The van der Waals surface area contributed by atoms with Crippen LogP contribution in [0.1, 0.15) is 323 Å². The first-order chi connectivity index (χ1) is 39.5. The van der Waals surface area contributed by atoms with Gasteiger partial charge < -0.3 is 14.2 Å². The molecule has 1 atom stereocenters. The number of esters is 3. The van der Waals surface area contributed by atoms with Crippen LogP contribution in [0.2, 0.25) is 0 Å². The van der Waals surface area contributed by atoms with E-state index in [0.29, 0.717) is 19.3 Å². The number of carbonyl (C=O) groups excluding carboxylic acids is 3. The molecular formula is C74H126O6. The summed E-state index contributed by atoms with van der Waals surface area (Å²) in [6, 6.07) is 0. The van der Waals surface area contributed by atoms with Crippen molar-refractivity contribution < 1.29 is 28.6 Å². The van der Waals surface area contributed by atoms with Gasteiger partial charge in [0.1, 0.15) is 13.2 Å². The molecule has 6 heteroatoms. The summed E-state index contributed by atoms with van der Waals surface area (Å²) in [5, 5.41) is 0. The molecule has 0 aromatic heterocycles. The third-order valence-electron chi connectivity index (χ3n) is 14.5. The summed E-state index contributed by atoms with van der Waals surface area (Å²) < 4.78 is 16.9. The van der Waals surface area contributed by atoms with Crippen molar-refractivity contribution >= 4 is 17.9 Å². The minimum absolute atomic E-state index is 0.0948. The number of hydrogen-bond donors (Lipinski definition) is 0. The molecule has 80 heavy (non-hydrogen) atoms. The van der Waals surface area contributed by atoms with E-state index in [-0.39, 0.29) is 31.1 Å². The first-order valence-electron chi connectivity index (χ1n) is 33.9. The van der Waals surface area contributed by atoms with Crippen LogP contribution in [0, 0.1) is 0 Å². The van der Waals surface area contributed by atoms with E-state index >= 15 is 0 Å². The van der Waals surface area contributed by atoms with Gasteiger partial charge in [0.2, 0.25) is 0 Å². The third kappa shape index (κ3) is 64.9. The van der Waals surface area contributed by atoms with E-state index in [9.17, 15) is 14.4 Å². The molecule has 0 aliphatic carbocycles. The molecule has 458 valence electrons. The van der Waals surface area contributed by atoms with Gasteiger partial charge in [0.25, 0.3) is 0 Å². The minimum atomic E-state index is -0.800. The standard InChI is InChI=1S/C74H126O6/c1-4-7-10-13-16-19-22-25-28-31-33-35-36-37-38-40-41-43-46-49-52-55-58-61-64-67-73(76)79-70-71(69-78-72(75)66-63-60-57-54-51-48-45-30-27-24-21-18-15-12-9-6-3)80-74(77)68-65-62-59-56-53-50-47-44-42-39-34-32-29-26-23-20-17-14-11-8-5-2/h7,10,16,19,21,24-25,28,30,33,35,37-38,41,43,45,49,52,71H,4-6,8-9,11-15,17-18,20,22-23,26-27,29,31-32,34,36,39-40,42,44,46-48,50-51,53-70H2,1-3H3/b10-7-,19-16-,24-21-,28-25-,35-33-,38-37-,43-41-,45-30-,52-49-. The van der Waals surface area contributed by atoms with Crippen LogP contribution in [0.25, 0.3) is 0 Å². The Morgan fingerprint density at radius 2 is 0.487 bits per heavy atom. The monoisotopic (exact) mass is 1110 g/mol. The predicted octanol–water partition coefficient (Wildman–Crippen LogP) is 23.4. The maximum Gasteiger partial charge on any atom is 0.306 e. The van der Waals surface area contributed by atoms with Crippen molar-refractivity contribution in [3.8, 4) is 0 Å². The van der Waals surface area contributed by atoms with Crippen LogP contribution in [0.3, 0.4) is 0 Å². The fourth-order valence-electron chi connectivity index (χ4n) is 9.45. The van der Waals surface area contributed by atoms with Crippen LogP contribution in [0.4, 0.5) is 0 Å². The summed E-state index contributed by atoms with van der Waals surface area (Å²) in [5.41, 5.74) is 0. The maximum absolute atomic E-state index is 12.9. The van der Waals surface area contributed by atoms with E-state index in [4.69, 9.17) is 14.2 Å². The van der Waals surface area contributed by atoms with Crippen molar-refractivity contribution in [2.24, 2.45) is 0 Å². The largest absolute Gasteiger partial charge is 0.462 e. The van der Waals surface area contributed by atoms with Gasteiger partial charge in [0.05, 0.1) is 0 Å². The molecule has 0 heterocycles. The van der Waals surface area contributed by atoms with Crippen molar-refractivity contribution in [3.63, 3.8) is 0 Å². The van der Waals surface area contributed by atoms with E-state index in [2.05, 4.69) is 130 Å². The smallest absolute Gasteiger partial charge is 0.306 e. The van der Waals surface area contributed by atoms with E-state index in [1.807, 2.05) is 0 Å². The van der Waals surface area contributed by atoms with Crippen molar-refractivity contribution in [2.75, 3.05) is 13.2 Å². The summed E-state index contributed by atoms with van der Waals surface area (Å²) in [5.74, 6) is -0.928. The zero-order chi connectivity index (χ0) is 57.8. The third-order valence-corrected chi connectivity index (χ3v) is 14.5. The molecule has 0 aromatic carbocycles. The predicted molar refractivity (Wildman–Crippen MR) is 348 cm³/mol. The SMILES string of the molecule is CC/C=C\C/C=C\C/C=C\C/C=C\C/C=C\C/C=C\C/C=C\CCCCCC(=O)OCC(COC(=O)CCCCCCC/C=C\C/C=C\CCCCCC)OC(=O)CCCCCCCCCCCCCCCCCCCCCCC. The number of carbonyl (C=O) groups is 3. The van der Waals surface area contributed by atoms with Gasteiger partial charge in [0, 0.05) is 19.3 Å². The first kappa shape index (κ1) is 76.1. The Morgan fingerprint density at radius 1 is 0.263 bits per heavy atom. The highest BCUT2D eigenvalue weighted by atomic mass is 16.6. The highest BCUT2D eigenvalue weighted by Gasteiger charge is 2.19. The topological polar surface area (TPSA) is 78.9 Å². The van der Waals surface area contributed by atoms with Crippen molar-refractivity contribution in [2.45, 2.75) is 329 Å². The molecule has 0 aliphatic rings. The van der Waals surface area contributed by atoms with E-state index in [1.54, 1.807) is 0 Å². The summed E-state index contributed by atoms with van der Waals surface area (Å²) in [6.45, 7) is 6.51. The number of allylic oxidation sites excluding steroid dienone is 18. The quantitative estimate of drug-likeness (QED) is 0.0261. The van der Waals surface area contributed by atoms with Gasteiger partial charge in [-0.2, -0.15) is 0 Å². The molecule has 0 aromatic rings. The van der Waals surface area contributed by atoms with Crippen LogP contribution >= 0.6 is 0 Å². The molecule has 0 N–H and O–H groups in total. The Bertz CT molecular complexity index is 1610. The summed E-state index contributed by atoms with van der Waals surface area (Å²) in [4.78, 5) is 38.4. The average Bonchev–Trinajstić information content (AvgIpc) is 3.46. The van der Waals surface area contributed by atoms with Gasteiger partial charge >= 0.3 is 17.9 Å². The lowest BCUT2D eigenvalue weighted by molar-refractivity contribution is -0.167. The number of unbranched alkanes of at least 4 members (excludes halogenated alkanes) is 32. The maximum atomic E-state index is 12.9. The highest BCUT2D eigenvalue weighted by Crippen LogP contribution is 2.17. The van der Waals surface area contributed by atoms with E-state index in [1.165, 1.54) is 148 Å². The average molecular weight is 1110 g/mol. The minimum Gasteiger partial charge on any atom is -0.462 e. The van der Waals surface area contributed by atoms with Gasteiger partial charge in [-0.1, -0.05) is 304 Å². The molecule has 0 saturated heterocycles. The van der Waals surface area contributed by atoms with Gasteiger partial charge in [-0.15, -0.1) is 0 Å². The fraction of sp³-hybridized carbons (Fsp3) is 0.716. The van der Waals surface area contributed by atoms with Crippen molar-refractivity contribution in [1.29, 1.82) is 0 Å². The van der Waals surface area contributed by atoms with Crippen LogP contribution in [-0.4, -0.2) is 37.2 Å². The first-order valence-corrected chi connectivity index (χ1v) is 33.9. The Hall–Kier alpha value is -3.93. The molecule has 6 nitrogen and oxygen atoms in total. The fourth-order valence-corrected chi connectivity index (χ4v) is 9.45. The van der Waals surface area contributed by atoms with Crippen LogP contribution in [0.5, 0.6) is 0 Å². The van der Waals surface area contributed by atoms with Gasteiger partial charge in [0.15, 0.2) is 6.10 Å². The molecule has 0 saturated carbocycles. The summed E-state index contributed by atoms with van der Waals surface area (Å²) in [7, 11) is 0. The number of hydrogen-bond acceptors (Lipinski definition) is 6. The van der Waals surface area contributed by atoms with E-state index in [0.717, 1.165) is 135 Å². The molecule has 0 bridgehead atoms. The molecule has 0 radical (unpaired) electrons. The Morgan fingerprint density at radius 3 is 0.787 bits per heavy atom. The second-order valence-corrected chi connectivity index (χ2v) is 22.4. The van der Waals surface area contributed by atoms with E-state index < -0.39 is 6.10 Å². The second kappa shape index (κ2) is 67.6. The molecule has 1 unspecified atom stereocenters. The molecule has 0 fully saturated rings. The van der Waals surface area contributed by atoms with Crippen LogP contribution < -0.4 is 0 Å². The van der Waals surface area contributed by atoms with Crippen LogP contribution in [-0.2, 0) is 28.6 Å². The molecule has 0 aliphatic heterocycles. The second-order valence-electron chi connectivity index (χ2n) is 22.4. The lowest BCUT2D eigenvalue weighted by Gasteiger charge is -2.18. The molecule has 0 rings (SSSR count). The summed E-state index contributed by atoms with van der Waals surface area (Å²) in [6.07, 6.45) is 92.4. The molecular weight excluding hydrogens is 985 g/mol. The zero-order valence-corrected chi connectivity index (χ0v) is 52.6. The molecule has 0 spiro atoms. The van der Waals surface area contributed by atoms with Crippen LogP contribution in [0.15, 0.2) is 109 Å². The van der Waals surface area contributed by atoms with Gasteiger partial charge in [-0.05, 0) is 109 Å². The van der Waals surface area contributed by atoms with Crippen molar-refractivity contribution in [1.82, 2.24) is 0 Å². The summed E-state index contributed by atoms with van der Waals surface area (Å²) >= 11 is 0. The lowest BCUT2D eigenvalue weighted by Crippen LogP contribution is -2.30. The lowest BCUT2D eigenvalue weighted by atomic mass is 10.0. The van der Waals surface area contributed by atoms with Gasteiger partial charge in [-0.25, -0.2) is 0 Å². The highest BCUT2D eigenvalue weighted by molar-refractivity contribution is 5.71. The van der Waals surface area contributed by atoms with Crippen molar-refractivity contribution in [3.05, 3.63) is 109 Å².